The van der Waals surface area contributed by atoms with Gasteiger partial charge in [-0.15, -0.1) is 0 Å². The van der Waals surface area contributed by atoms with Gasteiger partial charge in [-0.3, -0.25) is 10.3 Å². The second-order valence-electron chi connectivity index (χ2n) is 7.17. The van der Waals surface area contributed by atoms with Crippen molar-refractivity contribution in [2.24, 2.45) is 5.10 Å². The fraction of sp³-hybridized carbons (Fsp3) is 0.391. The molecule has 2 aromatic rings. The number of rotatable bonds is 9. The third kappa shape index (κ3) is 7.40. The maximum atomic E-state index is 5.35. The predicted octanol–water partition coefficient (Wildman–Crippen LogP) is 2.84. The monoisotopic (exact) mass is 425 g/mol. The van der Waals surface area contributed by atoms with Gasteiger partial charge in [0.1, 0.15) is 0 Å². The van der Waals surface area contributed by atoms with Crippen LogP contribution in [0.5, 0.6) is 0 Å². The lowest BCUT2D eigenvalue weighted by Crippen LogP contribution is -2.42. The fourth-order valence-corrected chi connectivity index (χ4v) is 3.47. The first-order valence-corrected chi connectivity index (χ1v) is 10.9. The van der Waals surface area contributed by atoms with Crippen molar-refractivity contribution in [3.05, 3.63) is 65.7 Å². The molecule has 0 atom stereocenters. The zero-order valence-electron chi connectivity index (χ0n) is 17.6. The van der Waals surface area contributed by atoms with Crippen molar-refractivity contribution < 1.29 is 4.74 Å². The summed E-state index contributed by atoms with van der Waals surface area (Å²) in [6.07, 6.45) is 1.78. The largest absolute Gasteiger partial charge is 0.379 e. The highest BCUT2D eigenvalue weighted by atomic mass is 32.1. The lowest BCUT2D eigenvalue weighted by molar-refractivity contribution is 0.0389. The van der Waals surface area contributed by atoms with Crippen LogP contribution in [0.2, 0.25) is 0 Å². The first-order chi connectivity index (χ1) is 14.7. The summed E-state index contributed by atoms with van der Waals surface area (Å²) in [6, 6.07) is 18.9. The first-order valence-electron chi connectivity index (χ1n) is 10.5. The lowest BCUT2D eigenvalue weighted by atomic mass is 10.1. The minimum Gasteiger partial charge on any atom is -0.379 e. The Hall–Kier alpha value is -2.48. The van der Waals surface area contributed by atoms with E-state index in [9.17, 15) is 0 Å². The van der Waals surface area contributed by atoms with E-state index in [0.29, 0.717) is 5.11 Å². The van der Waals surface area contributed by atoms with Gasteiger partial charge in [0.05, 0.1) is 19.4 Å². The van der Waals surface area contributed by atoms with Crippen molar-refractivity contribution in [2.45, 2.75) is 13.5 Å². The van der Waals surface area contributed by atoms with Gasteiger partial charge in [0, 0.05) is 45.0 Å². The van der Waals surface area contributed by atoms with E-state index in [4.69, 9.17) is 17.0 Å². The number of hydrazone groups is 1. The number of ether oxygens (including phenoxy) is 1. The molecule has 0 aromatic heterocycles. The molecule has 30 heavy (non-hydrogen) atoms. The van der Waals surface area contributed by atoms with E-state index in [2.05, 4.69) is 81.1 Å². The fourth-order valence-electron chi connectivity index (χ4n) is 3.32. The molecule has 3 rings (SSSR count). The minimum atomic E-state index is 0.538. The molecule has 0 amide bonds. The van der Waals surface area contributed by atoms with Crippen molar-refractivity contribution in [3.63, 3.8) is 0 Å². The molecular weight excluding hydrogens is 394 g/mol. The van der Waals surface area contributed by atoms with E-state index in [-0.39, 0.29) is 0 Å². The number of hydrogen-bond acceptors (Lipinski definition) is 5. The van der Waals surface area contributed by atoms with Crippen molar-refractivity contribution in [2.75, 3.05) is 50.8 Å². The number of hydrogen-bond donors (Lipinski definition) is 2. The molecule has 0 aliphatic carbocycles. The van der Waals surface area contributed by atoms with Crippen LogP contribution < -0.4 is 15.6 Å². The quantitative estimate of drug-likeness (QED) is 0.366. The molecule has 6 nitrogen and oxygen atoms in total. The summed E-state index contributed by atoms with van der Waals surface area (Å²) < 4.78 is 5.35. The summed E-state index contributed by atoms with van der Waals surface area (Å²) >= 11 is 5.28. The second kappa shape index (κ2) is 12.3. The summed E-state index contributed by atoms with van der Waals surface area (Å²) in [7, 11) is 0. The number of anilines is 1. The Balaban J connectivity index is 1.41. The van der Waals surface area contributed by atoms with E-state index in [1.54, 1.807) is 6.21 Å². The zero-order valence-corrected chi connectivity index (χ0v) is 18.4. The van der Waals surface area contributed by atoms with Crippen LogP contribution >= 0.6 is 12.2 Å². The Labute approximate surface area is 184 Å². The van der Waals surface area contributed by atoms with Gasteiger partial charge in [-0.2, -0.15) is 5.10 Å². The Morgan fingerprint density at radius 3 is 2.57 bits per heavy atom. The number of benzene rings is 2. The molecule has 1 fully saturated rings. The summed E-state index contributed by atoms with van der Waals surface area (Å²) in [6.45, 7) is 9.37. The van der Waals surface area contributed by atoms with Gasteiger partial charge in [-0.05, 0) is 42.4 Å². The predicted molar refractivity (Wildman–Crippen MR) is 128 cm³/mol. The summed E-state index contributed by atoms with van der Waals surface area (Å²) in [5.41, 5.74) is 6.42. The Bertz CT molecular complexity index is 791. The molecule has 7 heteroatoms. The SMILES string of the molecule is CCN(Cc1ccccc1)c1ccc(/C=N/NC(=S)NCCN2CCOCC2)cc1. The maximum absolute atomic E-state index is 5.35. The highest BCUT2D eigenvalue weighted by Gasteiger charge is 2.09. The summed E-state index contributed by atoms with van der Waals surface area (Å²) in [5.74, 6) is 0. The molecule has 0 radical (unpaired) electrons. The molecule has 0 saturated carbocycles. The van der Waals surface area contributed by atoms with Crippen molar-refractivity contribution >= 4 is 29.2 Å². The first kappa shape index (κ1) is 22.2. The number of morpholine rings is 1. The molecule has 1 saturated heterocycles. The molecule has 1 heterocycles. The molecule has 2 aromatic carbocycles. The average molecular weight is 426 g/mol. The van der Waals surface area contributed by atoms with Gasteiger partial charge in [0.2, 0.25) is 0 Å². The smallest absolute Gasteiger partial charge is 0.187 e. The average Bonchev–Trinajstić information content (AvgIpc) is 2.79. The lowest BCUT2D eigenvalue weighted by Gasteiger charge is -2.26. The van der Waals surface area contributed by atoms with Gasteiger partial charge in [0.25, 0.3) is 0 Å². The van der Waals surface area contributed by atoms with E-state index >= 15 is 0 Å². The third-order valence-corrected chi connectivity index (χ3v) is 5.29. The van der Waals surface area contributed by atoms with Gasteiger partial charge in [-0.25, -0.2) is 0 Å². The van der Waals surface area contributed by atoms with E-state index in [1.165, 1.54) is 11.3 Å². The number of nitrogens with one attached hydrogen (secondary N) is 2. The third-order valence-electron chi connectivity index (χ3n) is 5.05. The Morgan fingerprint density at radius 2 is 1.87 bits per heavy atom. The van der Waals surface area contributed by atoms with Gasteiger partial charge >= 0.3 is 0 Å². The molecular formula is C23H31N5OS. The molecule has 2 N–H and O–H groups in total. The van der Waals surface area contributed by atoms with Crippen LogP contribution in [0.4, 0.5) is 5.69 Å². The van der Waals surface area contributed by atoms with Crippen LogP contribution in [0, 0.1) is 0 Å². The Morgan fingerprint density at radius 1 is 1.13 bits per heavy atom. The van der Waals surface area contributed by atoms with Gasteiger partial charge in [0.15, 0.2) is 5.11 Å². The highest BCUT2D eigenvalue weighted by Crippen LogP contribution is 2.17. The van der Waals surface area contributed by atoms with Crippen LogP contribution in [-0.4, -0.2) is 62.2 Å². The van der Waals surface area contributed by atoms with Crippen LogP contribution in [0.3, 0.4) is 0 Å². The Kier molecular flexibility index (Phi) is 9.08. The van der Waals surface area contributed by atoms with Gasteiger partial charge < -0.3 is 15.0 Å². The van der Waals surface area contributed by atoms with Crippen LogP contribution in [0.25, 0.3) is 0 Å². The number of nitrogens with zero attached hydrogens (tertiary/aromatic N) is 3. The molecule has 0 bridgehead atoms. The summed E-state index contributed by atoms with van der Waals surface area (Å²) in [4.78, 5) is 4.71. The van der Waals surface area contributed by atoms with Crippen molar-refractivity contribution in [1.82, 2.24) is 15.6 Å². The summed E-state index contributed by atoms with van der Waals surface area (Å²) in [5, 5.41) is 7.97. The maximum Gasteiger partial charge on any atom is 0.187 e. The zero-order chi connectivity index (χ0) is 21.0. The van der Waals surface area contributed by atoms with Gasteiger partial charge in [-0.1, -0.05) is 42.5 Å². The van der Waals surface area contributed by atoms with Crippen LogP contribution in [-0.2, 0) is 11.3 Å². The van der Waals surface area contributed by atoms with Crippen LogP contribution in [0.1, 0.15) is 18.1 Å². The van der Waals surface area contributed by atoms with Crippen molar-refractivity contribution in [1.29, 1.82) is 0 Å². The van der Waals surface area contributed by atoms with E-state index in [1.807, 2.05) is 6.07 Å². The molecule has 1 aliphatic heterocycles. The topological polar surface area (TPSA) is 52.1 Å². The van der Waals surface area contributed by atoms with E-state index in [0.717, 1.165) is 58.0 Å². The van der Waals surface area contributed by atoms with Crippen molar-refractivity contribution in [3.8, 4) is 0 Å². The standard InChI is InChI=1S/C23H31N5OS/c1-2-28(19-21-6-4-3-5-7-21)22-10-8-20(9-11-22)18-25-26-23(30)24-12-13-27-14-16-29-17-15-27/h3-11,18H,2,12-17,19H2,1H3,(H2,24,26,30)/b25-18+. The number of thiocarbonyl (C=S) groups is 1. The highest BCUT2D eigenvalue weighted by molar-refractivity contribution is 7.80. The minimum absolute atomic E-state index is 0.538. The molecule has 0 spiro atoms. The molecule has 0 unspecified atom stereocenters. The molecule has 1 aliphatic rings. The van der Waals surface area contributed by atoms with E-state index < -0.39 is 0 Å². The van der Waals surface area contributed by atoms with Crippen LogP contribution in [0.15, 0.2) is 59.7 Å². The second-order valence-corrected chi connectivity index (χ2v) is 7.58. The molecule has 160 valence electrons. The normalized spacial score (nSPS) is 14.6.